The highest BCUT2D eigenvalue weighted by Crippen LogP contribution is 2.37. The van der Waals surface area contributed by atoms with Crippen molar-refractivity contribution >= 4 is 72.4 Å². The molecule has 3 aromatic rings. The first-order chi connectivity index (χ1) is 15.6. The summed E-state index contributed by atoms with van der Waals surface area (Å²) in [5.41, 5.74) is 0.718. The summed E-state index contributed by atoms with van der Waals surface area (Å²) in [5.74, 6) is -0.265. The average Bonchev–Trinajstić information content (AvgIpc) is 3.09. The monoisotopic (exact) mass is 547 g/mol. The molecule has 0 atom stereocenters. The highest BCUT2D eigenvalue weighted by atomic mass is 35.5. The van der Waals surface area contributed by atoms with E-state index in [0.717, 1.165) is 20.5 Å². The van der Waals surface area contributed by atoms with Crippen molar-refractivity contribution < 1.29 is 23.1 Å². The lowest BCUT2D eigenvalue weighted by Crippen LogP contribution is -2.33. The van der Waals surface area contributed by atoms with Crippen LogP contribution in [0.5, 0.6) is 5.75 Å². The molecule has 0 saturated heterocycles. The van der Waals surface area contributed by atoms with E-state index in [1.165, 1.54) is 27.4 Å². The maximum absolute atomic E-state index is 13.5. The Morgan fingerprint density at radius 2 is 1.94 bits per heavy atom. The number of carboxylic acid groups (broad SMARTS) is 1. The van der Waals surface area contributed by atoms with Gasteiger partial charge in [0.25, 0.3) is 10.0 Å². The van der Waals surface area contributed by atoms with Crippen LogP contribution < -0.4 is 4.74 Å². The number of carboxylic acids is 1. The van der Waals surface area contributed by atoms with Gasteiger partial charge in [-0.25, -0.2) is 13.2 Å². The summed E-state index contributed by atoms with van der Waals surface area (Å²) in [6, 6.07) is 10.5. The predicted molar refractivity (Wildman–Crippen MR) is 136 cm³/mol. The second-order valence-corrected chi connectivity index (χ2v) is 12.4. The van der Waals surface area contributed by atoms with Crippen molar-refractivity contribution in [1.82, 2.24) is 4.31 Å². The number of rotatable bonds is 11. The highest BCUT2D eigenvalue weighted by Gasteiger charge is 2.28. The Balaban J connectivity index is 1.73. The zero-order chi connectivity index (χ0) is 24.2. The van der Waals surface area contributed by atoms with Crippen molar-refractivity contribution in [2.75, 3.05) is 25.4 Å². The van der Waals surface area contributed by atoms with Crippen LogP contribution in [0.3, 0.4) is 0 Å². The fraction of sp³-hybridized carbons (Fsp3) is 0.318. The number of sulfonamides is 1. The van der Waals surface area contributed by atoms with Gasteiger partial charge in [-0.2, -0.15) is 4.31 Å². The number of fused-ring (bicyclic) bond motifs is 1. The van der Waals surface area contributed by atoms with E-state index in [1.54, 1.807) is 30.3 Å². The van der Waals surface area contributed by atoms with Gasteiger partial charge in [-0.05, 0) is 60.7 Å². The van der Waals surface area contributed by atoms with Gasteiger partial charge in [-0.1, -0.05) is 30.1 Å². The van der Waals surface area contributed by atoms with Crippen LogP contribution in [0.1, 0.15) is 18.9 Å². The molecule has 6 nitrogen and oxygen atoms in total. The number of aryl methyl sites for hydroxylation is 1. The Bertz CT molecular complexity index is 1260. The molecule has 0 aliphatic heterocycles. The Hall–Kier alpha value is -1.49. The van der Waals surface area contributed by atoms with E-state index >= 15 is 0 Å². The molecular formula is C22H23Cl2NO5S3. The largest absolute Gasteiger partial charge is 0.480 e. The average molecular weight is 549 g/mol. The Morgan fingerprint density at radius 1 is 1.18 bits per heavy atom. The second kappa shape index (κ2) is 11.3. The van der Waals surface area contributed by atoms with Crippen LogP contribution in [0, 0.1) is 6.92 Å². The number of nitrogens with zero attached hydrogens (tertiary/aromatic N) is 1. The van der Waals surface area contributed by atoms with Gasteiger partial charge < -0.3 is 9.84 Å². The molecular weight excluding hydrogens is 525 g/mol. The second-order valence-electron chi connectivity index (χ2n) is 7.18. The number of hydrogen-bond acceptors (Lipinski definition) is 6. The first kappa shape index (κ1) is 26.1. The van der Waals surface area contributed by atoms with E-state index in [4.69, 9.17) is 33.0 Å². The van der Waals surface area contributed by atoms with Crippen LogP contribution in [-0.2, 0) is 14.8 Å². The minimum absolute atomic E-state index is 0.291. The molecule has 0 aliphatic carbocycles. The predicted octanol–water partition coefficient (Wildman–Crippen LogP) is 6.17. The summed E-state index contributed by atoms with van der Waals surface area (Å²) in [6.45, 7) is 4.05. The number of carbonyl (C=O) groups is 1. The number of benzene rings is 2. The van der Waals surface area contributed by atoms with E-state index < -0.39 is 22.6 Å². The van der Waals surface area contributed by atoms with Crippen molar-refractivity contribution in [3.8, 4) is 5.75 Å². The molecule has 0 unspecified atom stereocenters. The minimum atomic E-state index is -3.66. The smallest absolute Gasteiger partial charge is 0.341 e. The third kappa shape index (κ3) is 6.35. The zero-order valence-electron chi connectivity index (χ0n) is 18.0. The molecule has 3 rings (SSSR count). The van der Waals surface area contributed by atoms with Gasteiger partial charge in [-0.3, -0.25) is 0 Å². The van der Waals surface area contributed by atoms with Crippen LogP contribution in [0.2, 0.25) is 10.0 Å². The van der Waals surface area contributed by atoms with Crippen molar-refractivity contribution in [3.05, 3.63) is 52.0 Å². The molecule has 0 spiro atoms. The number of hydrogen-bond donors (Lipinski definition) is 1. The minimum Gasteiger partial charge on any atom is -0.480 e. The molecule has 2 aromatic carbocycles. The van der Waals surface area contributed by atoms with Crippen LogP contribution in [0.25, 0.3) is 10.1 Å². The maximum atomic E-state index is 13.5. The molecule has 0 amide bonds. The quantitative estimate of drug-likeness (QED) is 0.289. The Kier molecular flexibility index (Phi) is 8.94. The molecule has 0 bridgehead atoms. The van der Waals surface area contributed by atoms with E-state index in [2.05, 4.69) is 0 Å². The molecule has 178 valence electrons. The number of ether oxygens (including phenoxy) is 1. The van der Waals surface area contributed by atoms with Gasteiger partial charge in [0.1, 0.15) is 9.96 Å². The molecule has 0 radical (unpaired) electrons. The summed E-state index contributed by atoms with van der Waals surface area (Å²) in [4.78, 5) is 11.5. The molecule has 1 heterocycles. The summed E-state index contributed by atoms with van der Waals surface area (Å²) >= 11 is 15.0. The Morgan fingerprint density at radius 3 is 2.61 bits per heavy atom. The first-order valence-electron chi connectivity index (χ1n) is 10.1. The molecule has 33 heavy (non-hydrogen) atoms. The molecule has 11 heteroatoms. The van der Waals surface area contributed by atoms with Crippen molar-refractivity contribution in [2.24, 2.45) is 0 Å². The topological polar surface area (TPSA) is 83.9 Å². The maximum Gasteiger partial charge on any atom is 0.341 e. The van der Waals surface area contributed by atoms with Crippen LogP contribution >= 0.6 is 46.3 Å². The Labute approximate surface area is 211 Å². The van der Waals surface area contributed by atoms with Crippen LogP contribution in [0.15, 0.2) is 45.5 Å². The number of thiophene rings is 1. The number of halogens is 2. The van der Waals surface area contributed by atoms with Crippen molar-refractivity contribution in [2.45, 2.75) is 29.4 Å². The summed E-state index contributed by atoms with van der Waals surface area (Å²) in [7, 11) is -3.66. The van der Waals surface area contributed by atoms with Gasteiger partial charge in [-0.15, -0.1) is 23.1 Å². The number of aliphatic carboxylic acids is 1. The summed E-state index contributed by atoms with van der Waals surface area (Å²) in [6.07, 6.45) is 0.696. The lowest BCUT2D eigenvalue weighted by Gasteiger charge is -2.21. The van der Waals surface area contributed by atoms with E-state index in [0.29, 0.717) is 45.3 Å². The molecule has 0 fully saturated rings. The number of thioether (sulfide) groups is 1. The van der Waals surface area contributed by atoms with E-state index in [1.807, 2.05) is 19.9 Å². The van der Waals surface area contributed by atoms with Crippen molar-refractivity contribution in [3.63, 3.8) is 0 Å². The van der Waals surface area contributed by atoms with Gasteiger partial charge in [0, 0.05) is 33.5 Å². The van der Waals surface area contributed by atoms with Crippen molar-refractivity contribution in [1.29, 1.82) is 0 Å². The van der Waals surface area contributed by atoms with Gasteiger partial charge >= 0.3 is 5.97 Å². The summed E-state index contributed by atoms with van der Waals surface area (Å²) in [5, 5.41) is 10.5. The molecule has 1 N–H and O–H groups in total. The summed E-state index contributed by atoms with van der Waals surface area (Å²) < 4.78 is 34.8. The fourth-order valence-electron chi connectivity index (χ4n) is 3.23. The lowest BCUT2D eigenvalue weighted by molar-refractivity contribution is -0.139. The third-order valence-corrected chi connectivity index (χ3v) is 10.0. The molecule has 1 aromatic heterocycles. The zero-order valence-corrected chi connectivity index (χ0v) is 22.0. The van der Waals surface area contributed by atoms with Crippen LogP contribution in [0.4, 0.5) is 0 Å². The van der Waals surface area contributed by atoms with Gasteiger partial charge in [0.05, 0.1) is 5.02 Å². The SMILES string of the molecule is CCCN(CCSc1ccc(OCC(=O)O)c(Cl)c1)S(=O)(=O)c1sc2ccc(Cl)cc2c1C. The normalized spacial score (nSPS) is 11.9. The molecule has 0 aliphatic rings. The fourth-order valence-corrected chi connectivity index (χ4v) is 8.14. The third-order valence-electron chi connectivity index (χ3n) is 4.77. The lowest BCUT2D eigenvalue weighted by atomic mass is 10.2. The van der Waals surface area contributed by atoms with E-state index in [9.17, 15) is 13.2 Å². The van der Waals surface area contributed by atoms with Gasteiger partial charge in [0.15, 0.2) is 6.61 Å². The molecule has 0 saturated carbocycles. The first-order valence-corrected chi connectivity index (χ1v) is 14.1. The standard InChI is InChI=1S/C22H23Cl2NO5S3/c1-3-8-25(9-10-31-16-5-6-19(18(24)12-16)30-13-21(26)27)33(28,29)22-14(2)17-11-15(23)4-7-20(17)32-22/h4-7,11-12H,3,8-10,13H2,1-2H3,(H,26,27). The van der Waals surface area contributed by atoms with Crippen LogP contribution in [-0.4, -0.2) is 49.2 Å². The highest BCUT2D eigenvalue weighted by molar-refractivity contribution is 7.99. The van der Waals surface area contributed by atoms with E-state index in [-0.39, 0.29) is 0 Å². The van der Waals surface area contributed by atoms with Gasteiger partial charge in [0.2, 0.25) is 0 Å².